The van der Waals surface area contributed by atoms with E-state index in [0.717, 1.165) is 22.3 Å². The van der Waals surface area contributed by atoms with Crippen molar-refractivity contribution < 1.29 is 19.2 Å². The van der Waals surface area contributed by atoms with Crippen molar-refractivity contribution in [2.24, 2.45) is 20.5 Å². The van der Waals surface area contributed by atoms with Gasteiger partial charge >= 0.3 is 0 Å². The van der Waals surface area contributed by atoms with E-state index in [1.165, 1.54) is 13.8 Å². The van der Waals surface area contributed by atoms with Crippen LogP contribution in [-0.4, -0.2) is 35.5 Å². The minimum atomic E-state index is -1.36. The summed E-state index contributed by atoms with van der Waals surface area (Å²) in [5.74, 6) is -2.06. The Morgan fingerprint density at radius 1 is 0.596 bits per heavy atom. The average molecular weight is 742 g/mol. The second-order valence-electron chi connectivity index (χ2n) is 12.1. The van der Waals surface area contributed by atoms with Crippen LogP contribution in [0.5, 0.6) is 0 Å². The van der Waals surface area contributed by atoms with Crippen LogP contribution in [0.1, 0.15) is 63.8 Å². The molecule has 0 fully saturated rings. The molecule has 2 atom stereocenters. The van der Waals surface area contributed by atoms with Gasteiger partial charge < -0.3 is 10.6 Å². The zero-order valence-electron chi connectivity index (χ0n) is 30.1. The van der Waals surface area contributed by atoms with Gasteiger partial charge in [-0.3, -0.25) is 19.2 Å². The molecule has 0 radical (unpaired) electrons. The number of nitrogens with one attached hydrogen (secondary N) is 2. The number of hydrogen-bond donors (Lipinski definition) is 2. The number of nitrogens with zero attached hydrogens (tertiary/aromatic N) is 4. The normalized spacial score (nSPS) is 12.5. The fourth-order valence-electron chi connectivity index (χ4n) is 5.63. The molecule has 0 saturated heterocycles. The quantitative estimate of drug-likeness (QED) is 0.0924. The molecule has 0 saturated carbocycles. The van der Waals surface area contributed by atoms with Crippen molar-refractivity contribution in [3.63, 3.8) is 0 Å². The molecule has 0 heterocycles. The maximum absolute atomic E-state index is 13.2. The molecule has 270 valence electrons. The van der Waals surface area contributed by atoms with Crippen LogP contribution in [0.2, 0.25) is 10.0 Å². The summed E-state index contributed by atoms with van der Waals surface area (Å²) in [7, 11) is 0. The predicted octanol–water partition coefficient (Wildman–Crippen LogP) is 10.3. The van der Waals surface area contributed by atoms with Crippen molar-refractivity contribution in [1.82, 2.24) is 0 Å². The molecule has 0 bridgehead atoms. The summed E-state index contributed by atoms with van der Waals surface area (Å²) in [4.78, 5) is 51.3. The Balaban J connectivity index is 1.50. The van der Waals surface area contributed by atoms with Crippen LogP contribution in [0.25, 0.3) is 11.1 Å². The molecule has 4 rings (SSSR count). The van der Waals surface area contributed by atoms with Crippen LogP contribution < -0.4 is 10.6 Å². The molecular weight excluding hydrogens is 699 g/mol. The molecule has 0 aliphatic carbocycles. The first-order valence-electron chi connectivity index (χ1n) is 17.2. The van der Waals surface area contributed by atoms with Gasteiger partial charge in [0.15, 0.2) is 11.6 Å². The Labute approximate surface area is 314 Å². The molecule has 52 heavy (non-hydrogen) atoms. The van der Waals surface area contributed by atoms with Gasteiger partial charge in [0.1, 0.15) is 5.69 Å². The fourth-order valence-corrected chi connectivity index (χ4v) is 6.13. The van der Waals surface area contributed by atoms with Crippen LogP contribution in [0.4, 0.5) is 22.7 Å². The molecular formula is C40H42Cl2N6O4. The van der Waals surface area contributed by atoms with E-state index in [4.69, 9.17) is 23.2 Å². The number of benzene rings is 4. The smallest absolute Gasteiger partial charge is 0.258 e. The van der Waals surface area contributed by atoms with Gasteiger partial charge in [-0.05, 0) is 91.6 Å². The topological polar surface area (TPSA) is 142 Å². The van der Waals surface area contributed by atoms with E-state index in [1.54, 1.807) is 36.4 Å². The number of halogens is 2. The highest BCUT2D eigenvalue weighted by molar-refractivity contribution is 6.34. The second kappa shape index (κ2) is 18.4. The average Bonchev–Trinajstić information content (AvgIpc) is 3.12. The Hall–Kier alpha value is -5.06. The molecule has 0 aliphatic heterocycles. The minimum Gasteiger partial charge on any atom is -0.323 e. The Kier molecular flexibility index (Phi) is 14.1. The lowest BCUT2D eigenvalue weighted by molar-refractivity contribution is -0.127. The first-order chi connectivity index (χ1) is 24.9. The third kappa shape index (κ3) is 9.63. The number of carbonyl (C=O) groups excluding carboxylic acids is 4. The zero-order valence-corrected chi connectivity index (χ0v) is 31.6. The van der Waals surface area contributed by atoms with Crippen LogP contribution >= 0.6 is 23.2 Å². The Morgan fingerprint density at radius 2 is 1.06 bits per heavy atom. The summed E-state index contributed by atoms with van der Waals surface area (Å²) >= 11 is 13.2. The zero-order chi connectivity index (χ0) is 37.9. The Morgan fingerprint density at radius 3 is 1.46 bits per heavy atom. The van der Waals surface area contributed by atoms with E-state index in [1.807, 2.05) is 64.1 Å². The first kappa shape index (κ1) is 39.7. The molecule has 2 unspecified atom stereocenters. The van der Waals surface area contributed by atoms with Crippen molar-refractivity contribution >= 4 is 69.3 Å². The largest absolute Gasteiger partial charge is 0.323 e. The molecule has 12 heteroatoms. The summed E-state index contributed by atoms with van der Waals surface area (Å²) in [5, 5.41) is 22.8. The summed E-state index contributed by atoms with van der Waals surface area (Å²) in [6, 6.07) is 18.8. The maximum Gasteiger partial charge on any atom is 0.258 e. The molecule has 4 aromatic rings. The van der Waals surface area contributed by atoms with Gasteiger partial charge in [-0.25, -0.2) is 0 Å². The summed E-state index contributed by atoms with van der Waals surface area (Å²) in [5.41, 5.74) is 7.12. The van der Waals surface area contributed by atoms with Gasteiger partial charge in [0.05, 0.1) is 15.7 Å². The number of carbonyl (C=O) groups is 4. The van der Waals surface area contributed by atoms with Crippen molar-refractivity contribution in [3.05, 3.63) is 105 Å². The van der Waals surface area contributed by atoms with E-state index < -0.39 is 35.5 Å². The van der Waals surface area contributed by atoms with Crippen LogP contribution in [0.3, 0.4) is 0 Å². The molecule has 0 aromatic heterocycles. The van der Waals surface area contributed by atoms with Crippen molar-refractivity contribution in [1.29, 1.82) is 0 Å². The summed E-state index contributed by atoms with van der Waals surface area (Å²) < 4.78 is 0. The van der Waals surface area contributed by atoms with Crippen molar-refractivity contribution in [3.8, 4) is 11.1 Å². The molecule has 2 amide bonds. The van der Waals surface area contributed by atoms with E-state index in [2.05, 4.69) is 31.1 Å². The van der Waals surface area contributed by atoms with Gasteiger partial charge in [0.25, 0.3) is 11.8 Å². The van der Waals surface area contributed by atoms with Gasteiger partial charge in [-0.15, -0.1) is 0 Å². The lowest BCUT2D eigenvalue weighted by Gasteiger charge is -2.16. The van der Waals surface area contributed by atoms with Gasteiger partial charge in [-0.2, -0.15) is 20.5 Å². The molecule has 0 aliphatic rings. The van der Waals surface area contributed by atoms with E-state index in [9.17, 15) is 19.2 Å². The molecule has 2 N–H and O–H groups in total. The third-order valence-electron chi connectivity index (χ3n) is 8.54. The number of rotatable bonds is 15. The van der Waals surface area contributed by atoms with Crippen LogP contribution in [0.15, 0.2) is 93.3 Å². The van der Waals surface area contributed by atoms with Gasteiger partial charge in [0, 0.05) is 16.9 Å². The highest BCUT2D eigenvalue weighted by Gasteiger charge is 2.26. The lowest BCUT2D eigenvalue weighted by Crippen LogP contribution is -2.32. The first-order valence-corrected chi connectivity index (χ1v) is 17.9. The van der Waals surface area contributed by atoms with Crippen LogP contribution in [0, 0.1) is 0 Å². The number of hydrogen-bond acceptors (Lipinski definition) is 8. The van der Waals surface area contributed by atoms with Gasteiger partial charge in [0.2, 0.25) is 12.1 Å². The number of anilines is 2. The standard InChI is InChI=1S/C40H42Cl2N6O4/c1-7-25-13-11-14-26(8-2)37(25)43-39(51)35(23(5)49)47-45-30-18-19-31(32(41)22-30)29-17-20-34(33(42)21-29)46-48-36(24(6)50)40(52)44-38-27(9-3)15-12-16-28(38)10-4/h11-22,35-36H,7-10H2,1-6H3,(H,43,51)(H,44,52). The number of Topliss-reactive ketones (excluding diaryl/α,β-unsaturated/α-hetero) is 2. The summed E-state index contributed by atoms with van der Waals surface area (Å²) in [6.45, 7) is 10.6. The van der Waals surface area contributed by atoms with Crippen molar-refractivity contribution in [2.45, 2.75) is 79.3 Å². The predicted molar refractivity (Wildman–Crippen MR) is 208 cm³/mol. The highest BCUT2D eigenvalue weighted by atomic mass is 35.5. The summed E-state index contributed by atoms with van der Waals surface area (Å²) in [6.07, 6.45) is 2.85. The number of amides is 2. The maximum atomic E-state index is 13.2. The Bertz CT molecular complexity index is 2000. The van der Waals surface area contributed by atoms with Crippen LogP contribution in [-0.2, 0) is 44.9 Å². The van der Waals surface area contributed by atoms with E-state index >= 15 is 0 Å². The van der Waals surface area contributed by atoms with E-state index in [0.29, 0.717) is 58.9 Å². The molecule has 10 nitrogen and oxygen atoms in total. The SMILES string of the molecule is CCc1cccc(CC)c1NC(=O)C(N=Nc1ccc(-c2ccc(N=NC(C(C)=O)C(=O)Nc3c(CC)cccc3CC)c(Cl)c2)c(Cl)c1)C(C)=O. The monoisotopic (exact) mass is 740 g/mol. The number of aryl methyl sites for hydroxylation is 4. The lowest BCUT2D eigenvalue weighted by atomic mass is 10.0. The third-order valence-corrected chi connectivity index (χ3v) is 9.16. The van der Waals surface area contributed by atoms with Crippen molar-refractivity contribution in [2.75, 3.05) is 10.6 Å². The van der Waals surface area contributed by atoms with E-state index in [-0.39, 0.29) is 10.7 Å². The molecule has 0 spiro atoms. The number of azo groups is 2. The molecule has 4 aromatic carbocycles. The number of ketones is 2. The minimum absolute atomic E-state index is 0.222. The number of para-hydroxylation sites is 2. The van der Waals surface area contributed by atoms with Gasteiger partial charge in [-0.1, -0.05) is 99.4 Å². The fraction of sp³-hybridized carbons (Fsp3) is 0.300. The second-order valence-corrected chi connectivity index (χ2v) is 12.9. The highest BCUT2D eigenvalue weighted by Crippen LogP contribution is 2.36.